The van der Waals surface area contributed by atoms with Crippen molar-refractivity contribution in [2.45, 2.75) is 6.54 Å². The van der Waals surface area contributed by atoms with Crippen molar-refractivity contribution in [3.8, 4) is 0 Å². The van der Waals surface area contributed by atoms with E-state index < -0.39 is 0 Å². The number of aromatic nitrogens is 2. The number of nitrogens with zero attached hydrogens (tertiary/aromatic N) is 4. The van der Waals surface area contributed by atoms with Crippen LogP contribution in [0.25, 0.3) is 0 Å². The van der Waals surface area contributed by atoms with Crippen LogP contribution in [0.5, 0.6) is 0 Å². The third-order valence-electron chi connectivity index (χ3n) is 4.96. The van der Waals surface area contributed by atoms with Crippen molar-refractivity contribution >= 4 is 17.4 Å². The molecule has 1 aliphatic rings. The van der Waals surface area contributed by atoms with Crippen LogP contribution in [0.3, 0.4) is 0 Å². The summed E-state index contributed by atoms with van der Waals surface area (Å²) in [6.07, 6.45) is 0. The summed E-state index contributed by atoms with van der Waals surface area (Å²) in [4.78, 5) is 16.4. The number of halogens is 1. The first-order valence-corrected chi connectivity index (χ1v) is 9.61. The number of nitrogens with one attached hydrogen (secondary N) is 1. The van der Waals surface area contributed by atoms with Gasteiger partial charge in [-0.25, -0.2) is 4.39 Å². The van der Waals surface area contributed by atoms with Crippen molar-refractivity contribution < 1.29 is 9.18 Å². The van der Waals surface area contributed by atoms with Gasteiger partial charge in [0.2, 0.25) is 0 Å². The average molecular weight is 391 g/mol. The van der Waals surface area contributed by atoms with Crippen LogP contribution >= 0.6 is 0 Å². The first-order valence-electron chi connectivity index (χ1n) is 9.61. The maximum absolute atomic E-state index is 14.0. The lowest BCUT2D eigenvalue weighted by Crippen LogP contribution is -2.49. The highest BCUT2D eigenvalue weighted by Gasteiger charge is 2.24. The summed E-state index contributed by atoms with van der Waals surface area (Å²) in [5.74, 6) is 0.229. The van der Waals surface area contributed by atoms with E-state index in [0.717, 1.165) is 5.56 Å². The number of carbonyl (C=O) groups excluding carboxylic acids is 1. The molecule has 0 aliphatic carbocycles. The molecule has 1 aliphatic heterocycles. The summed E-state index contributed by atoms with van der Waals surface area (Å²) in [7, 11) is 0. The van der Waals surface area contributed by atoms with E-state index >= 15 is 0 Å². The van der Waals surface area contributed by atoms with Crippen LogP contribution in [0.4, 0.5) is 15.9 Å². The van der Waals surface area contributed by atoms with Crippen molar-refractivity contribution in [1.29, 1.82) is 0 Å². The first kappa shape index (κ1) is 18.9. The van der Waals surface area contributed by atoms with Crippen LogP contribution in [0.1, 0.15) is 16.1 Å². The van der Waals surface area contributed by atoms with E-state index in [1.54, 1.807) is 29.2 Å². The molecule has 1 amide bonds. The maximum atomic E-state index is 14.0. The predicted molar refractivity (Wildman–Crippen MR) is 110 cm³/mol. The van der Waals surface area contributed by atoms with Gasteiger partial charge < -0.3 is 15.1 Å². The standard InChI is InChI=1S/C22H22FN5O/c23-18-8-4-5-9-20(18)27-12-14-28(15-13-27)22(29)19-10-11-21(26-25-19)24-16-17-6-2-1-3-7-17/h1-11H,12-16H2,(H,24,26). The fourth-order valence-electron chi connectivity index (χ4n) is 3.35. The number of amides is 1. The molecule has 3 aromatic rings. The highest BCUT2D eigenvalue weighted by molar-refractivity contribution is 5.92. The summed E-state index contributed by atoms with van der Waals surface area (Å²) in [6.45, 7) is 2.83. The Labute approximate surface area is 169 Å². The van der Waals surface area contributed by atoms with Crippen molar-refractivity contribution in [3.05, 3.63) is 83.8 Å². The Morgan fingerprint density at radius 2 is 1.62 bits per heavy atom. The Morgan fingerprint density at radius 1 is 0.897 bits per heavy atom. The molecule has 0 unspecified atom stereocenters. The zero-order valence-electron chi connectivity index (χ0n) is 16.0. The molecule has 2 heterocycles. The second-order valence-electron chi connectivity index (χ2n) is 6.87. The number of hydrogen-bond donors (Lipinski definition) is 1. The minimum Gasteiger partial charge on any atom is -0.366 e. The van der Waals surface area contributed by atoms with E-state index in [9.17, 15) is 9.18 Å². The van der Waals surface area contributed by atoms with Crippen LogP contribution in [-0.4, -0.2) is 47.2 Å². The Balaban J connectivity index is 1.32. The van der Waals surface area contributed by atoms with Gasteiger partial charge in [0.05, 0.1) is 5.69 Å². The van der Waals surface area contributed by atoms with Crippen LogP contribution in [0.15, 0.2) is 66.7 Å². The average Bonchev–Trinajstić information content (AvgIpc) is 2.79. The minimum atomic E-state index is -0.239. The van der Waals surface area contributed by atoms with Crippen LogP contribution in [0.2, 0.25) is 0 Å². The van der Waals surface area contributed by atoms with Gasteiger partial charge in [-0.2, -0.15) is 0 Å². The van der Waals surface area contributed by atoms with Gasteiger partial charge in [0, 0.05) is 32.7 Å². The van der Waals surface area contributed by atoms with E-state index in [0.29, 0.717) is 49.9 Å². The monoisotopic (exact) mass is 391 g/mol. The minimum absolute atomic E-state index is 0.153. The maximum Gasteiger partial charge on any atom is 0.274 e. The molecule has 29 heavy (non-hydrogen) atoms. The van der Waals surface area contributed by atoms with Gasteiger partial charge in [0.25, 0.3) is 5.91 Å². The highest BCUT2D eigenvalue weighted by atomic mass is 19.1. The molecule has 6 nitrogen and oxygen atoms in total. The SMILES string of the molecule is O=C(c1ccc(NCc2ccccc2)nn1)N1CCN(c2ccccc2F)CC1. The number of para-hydroxylation sites is 1. The molecule has 4 rings (SSSR count). The molecule has 0 bridgehead atoms. The Kier molecular flexibility index (Phi) is 5.65. The summed E-state index contributed by atoms with van der Waals surface area (Å²) >= 11 is 0. The summed E-state index contributed by atoms with van der Waals surface area (Å²) < 4.78 is 14.0. The van der Waals surface area contributed by atoms with Crippen molar-refractivity contribution in [3.63, 3.8) is 0 Å². The number of piperazine rings is 1. The fourth-order valence-corrected chi connectivity index (χ4v) is 3.35. The Bertz CT molecular complexity index is 956. The summed E-state index contributed by atoms with van der Waals surface area (Å²) in [5.41, 5.74) is 2.03. The molecule has 0 atom stereocenters. The van der Waals surface area contributed by atoms with Gasteiger partial charge in [-0.15, -0.1) is 10.2 Å². The molecular weight excluding hydrogens is 369 g/mol. The molecule has 0 radical (unpaired) electrons. The molecule has 1 aromatic heterocycles. The molecule has 1 saturated heterocycles. The Hall–Kier alpha value is -3.48. The lowest BCUT2D eigenvalue weighted by atomic mass is 10.2. The second kappa shape index (κ2) is 8.68. The largest absolute Gasteiger partial charge is 0.366 e. The van der Waals surface area contributed by atoms with E-state index in [1.165, 1.54) is 6.07 Å². The van der Waals surface area contributed by atoms with E-state index in [-0.39, 0.29) is 11.7 Å². The van der Waals surface area contributed by atoms with Crippen LogP contribution < -0.4 is 10.2 Å². The van der Waals surface area contributed by atoms with E-state index in [1.807, 2.05) is 41.3 Å². The molecular formula is C22H22FN5O. The van der Waals surface area contributed by atoms with Gasteiger partial charge in [-0.1, -0.05) is 42.5 Å². The first-order chi connectivity index (χ1) is 14.2. The molecule has 1 N–H and O–H groups in total. The Morgan fingerprint density at radius 3 is 2.31 bits per heavy atom. The second-order valence-corrected chi connectivity index (χ2v) is 6.87. The topological polar surface area (TPSA) is 61.4 Å². The smallest absolute Gasteiger partial charge is 0.274 e. The number of benzene rings is 2. The lowest BCUT2D eigenvalue weighted by molar-refractivity contribution is 0.0739. The summed E-state index contributed by atoms with van der Waals surface area (Å²) in [6, 6.07) is 20.2. The van der Waals surface area contributed by atoms with Gasteiger partial charge >= 0.3 is 0 Å². The van der Waals surface area contributed by atoms with E-state index in [2.05, 4.69) is 15.5 Å². The fraction of sp³-hybridized carbons (Fsp3) is 0.227. The molecule has 1 fully saturated rings. The van der Waals surface area contributed by atoms with Gasteiger partial charge in [-0.3, -0.25) is 4.79 Å². The van der Waals surface area contributed by atoms with Crippen molar-refractivity contribution in [2.75, 3.05) is 36.4 Å². The lowest BCUT2D eigenvalue weighted by Gasteiger charge is -2.36. The normalized spacial score (nSPS) is 14.0. The van der Waals surface area contributed by atoms with Gasteiger partial charge in [0.15, 0.2) is 5.69 Å². The number of hydrogen-bond acceptors (Lipinski definition) is 5. The molecule has 2 aromatic carbocycles. The molecule has 0 saturated carbocycles. The predicted octanol–water partition coefficient (Wildman–Crippen LogP) is 3.19. The number of carbonyl (C=O) groups is 1. The third kappa shape index (κ3) is 4.51. The van der Waals surface area contributed by atoms with Gasteiger partial charge in [0.1, 0.15) is 11.6 Å². The quantitative estimate of drug-likeness (QED) is 0.724. The molecule has 0 spiro atoms. The highest BCUT2D eigenvalue weighted by Crippen LogP contribution is 2.20. The molecule has 148 valence electrons. The van der Waals surface area contributed by atoms with Gasteiger partial charge in [-0.05, 0) is 29.8 Å². The zero-order valence-corrected chi connectivity index (χ0v) is 16.0. The number of anilines is 2. The van der Waals surface area contributed by atoms with Crippen molar-refractivity contribution in [1.82, 2.24) is 15.1 Å². The summed E-state index contributed by atoms with van der Waals surface area (Å²) in [5, 5.41) is 11.4. The number of rotatable bonds is 5. The van der Waals surface area contributed by atoms with E-state index in [4.69, 9.17) is 0 Å². The zero-order chi connectivity index (χ0) is 20.1. The van der Waals surface area contributed by atoms with Crippen molar-refractivity contribution in [2.24, 2.45) is 0 Å². The van der Waals surface area contributed by atoms with Crippen LogP contribution in [-0.2, 0) is 6.54 Å². The molecule has 7 heteroatoms. The van der Waals surface area contributed by atoms with Crippen LogP contribution in [0, 0.1) is 5.82 Å². The third-order valence-corrected chi connectivity index (χ3v) is 4.96.